The van der Waals surface area contributed by atoms with E-state index >= 15 is 0 Å². The SMILES string of the molecule is CCCCCCCCCCCCCCCCSOC[C@@H](CO)OCOC. The zero-order valence-electron chi connectivity index (χ0n) is 17.4. The molecule has 0 spiro atoms. The molecule has 0 aliphatic heterocycles. The van der Waals surface area contributed by atoms with E-state index in [1.807, 2.05) is 0 Å². The number of unbranched alkanes of at least 4 members (excludes halogenated alkanes) is 13. The van der Waals surface area contributed by atoms with E-state index in [1.54, 1.807) is 7.11 Å². The lowest BCUT2D eigenvalue weighted by Gasteiger charge is -2.14. The highest BCUT2D eigenvalue weighted by Gasteiger charge is 2.07. The Morgan fingerprint density at radius 3 is 1.73 bits per heavy atom. The summed E-state index contributed by atoms with van der Waals surface area (Å²) < 4.78 is 15.5. The third-order valence-corrected chi connectivity index (χ3v) is 5.30. The van der Waals surface area contributed by atoms with Gasteiger partial charge in [-0.1, -0.05) is 90.4 Å². The number of hydrogen-bond donors (Lipinski definition) is 1. The zero-order chi connectivity index (χ0) is 19.1. The number of rotatable bonds is 22. The first kappa shape index (κ1) is 26.2. The van der Waals surface area contributed by atoms with Crippen LogP contribution in [-0.4, -0.2) is 44.1 Å². The highest BCUT2D eigenvalue weighted by molar-refractivity contribution is 7.94. The largest absolute Gasteiger partial charge is 0.394 e. The summed E-state index contributed by atoms with van der Waals surface area (Å²) in [4.78, 5) is 0. The van der Waals surface area contributed by atoms with Crippen LogP contribution in [0.3, 0.4) is 0 Å². The predicted molar refractivity (Wildman–Crippen MR) is 113 cm³/mol. The number of aliphatic hydroxyl groups excluding tert-OH is 1. The van der Waals surface area contributed by atoms with E-state index in [9.17, 15) is 0 Å². The minimum atomic E-state index is -0.293. The van der Waals surface area contributed by atoms with Crippen LogP contribution in [0, 0.1) is 0 Å². The Hall–Kier alpha value is 0.190. The van der Waals surface area contributed by atoms with Gasteiger partial charge in [0.15, 0.2) is 0 Å². The molecule has 0 amide bonds. The molecular weight excluding hydrogens is 348 g/mol. The molecule has 0 aromatic heterocycles. The van der Waals surface area contributed by atoms with Crippen molar-refractivity contribution in [2.24, 2.45) is 0 Å². The second-order valence-corrected chi connectivity index (χ2v) is 7.96. The fourth-order valence-corrected chi connectivity index (χ4v) is 3.54. The quantitative estimate of drug-likeness (QED) is 0.137. The maximum Gasteiger partial charge on any atom is 0.146 e. The fourth-order valence-electron chi connectivity index (χ4n) is 2.86. The van der Waals surface area contributed by atoms with E-state index < -0.39 is 0 Å². The van der Waals surface area contributed by atoms with Gasteiger partial charge in [0.05, 0.1) is 13.2 Å². The Morgan fingerprint density at radius 2 is 1.27 bits per heavy atom. The molecule has 1 N–H and O–H groups in total. The van der Waals surface area contributed by atoms with Crippen molar-refractivity contribution in [3.8, 4) is 0 Å². The van der Waals surface area contributed by atoms with E-state index in [2.05, 4.69) is 6.92 Å². The summed E-state index contributed by atoms with van der Waals surface area (Å²) in [6.45, 7) is 2.84. The molecule has 0 fully saturated rings. The fraction of sp³-hybridized carbons (Fsp3) is 1.00. The summed E-state index contributed by atoms with van der Waals surface area (Å²) in [5.41, 5.74) is 0. The molecule has 0 saturated heterocycles. The van der Waals surface area contributed by atoms with Crippen molar-refractivity contribution in [1.82, 2.24) is 0 Å². The smallest absolute Gasteiger partial charge is 0.146 e. The van der Waals surface area contributed by atoms with Gasteiger partial charge in [-0.2, -0.15) is 0 Å². The van der Waals surface area contributed by atoms with Crippen molar-refractivity contribution in [3.05, 3.63) is 0 Å². The van der Waals surface area contributed by atoms with Crippen LogP contribution in [0.5, 0.6) is 0 Å². The van der Waals surface area contributed by atoms with Crippen molar-refractivity contribution < 1.29 is 18.8 Å². The van der Waals surface area contributed by atoms with Crippen LogP contribution in [0.2, 0.25) is 0 Å². The molecule has 0 rings (SSSR count). The van der Waals surface area contributed by atoms with E-state index in [0.717, 1.165) is 5.75 Å². The summed E-state index contributed by atoms with van der Waals surface area (Å²) in [7, 11) is 1.57. The van der Waals surface area contributed by atoms with Gasteiger partial charge < -0.3 is 18.8 Å². The van der Waals surface area contributed by atoms with Crippen molar-refractivity contribution in [1.29, 1.82) is 0 Å². The van der Waals surface area contributed by atoms with Crippen LogP contribution >= 0.6 is 12.0 Å². The summed E-state index contributed by atoms with van der Waals surface area (Å²) in [5.74, 6) is 1.01. The molecule has 0 bridgehead atoms. The standard InChI is InChI=1S/C21H44O4S/c1-3-4-5-6-7-8-9-10-11-12-13-14-15-16-17-26-25-19-21(18-22)24-20-23-2/h21-22H,3-20H2,1-2H3/t21-/m1/s1. The van der Waals surface area contributed by atoms with Gasteiger partial charge in [-0.05, 0) is 18.5 Å². The molecule has 26 heavy (non-hydrogen) atoms. The Morgan fingerprint density at radius 1 is 0.769 bits per heavy atom. The molecule has 158 valence electrons. The van der Waals surface area contributed by atoms with Crippen molar-refractivity contribution in [2.75, 3.05) is 32.9 Å². The maximum atomic E-state index is 9.12. The molecule has 0 aliphatic carbocycles. The van der Waals surface area contributed by atoms with E-state index in [-0.39, 0.29) is 19.5 Å². The average Bonchev–Trinajstić information content (AvgIpc) is 2.66. The number of ether oxygens (including phenoxy) is 2. The van der Waals surface area contributed by atoms with Crippen LogP contribution in [0.1, 0.15) is 96.8 Å². The third kappa shape index (κ3) is 20.5. The van der Waals surface area contributed by atoms with Gasteiger partial charge in [0, 0.05) is 12.9 Å². The molecule has 0 saturated carbocycles. The second-order valence-electron chi connectivity index (χ2n) is 7.08. The lowest BCUT2D eigenvalue weighted by atomic mass is 10.0. The van der Waals surface area contributed by atoms with Crippen molar-refractivity contribution in [2.45, 2.75) is 103 Å². The van der Waals surface area contributed by atoms with Crippen LogP contribution in [0.4, 0.5) is 0 Å². The maximum absolute atomic E-state index is 9.12. The van der Waals surface area contributed by atoms with Gasteiger partial charge in [-0.3, -0.25) is 0 Å². The molecule has 1 atom stereocenters. The minimum Gasteiger partial charge on any atom is -0.394 e. The minimum absolute atomic E-state index is 0.0389. The van der Waals surface area contributed by atoms with Gasteiger partial charge in [0.1, 0.15) is 12.9 Å². The normalized spacial score (nSPS) is 12.6. The molecule has 0 aromatic carbocycles. The van der Waals surface area contributed by atoms with Gasteiger partial charge in [-0.15, -0.1) is 0 Å². The van der Waals surface area contributed by atoms with Crippen molar-refractivity contribution >= 4 is 12.0 Å². The van der Waals surface area contributed by atoms with Crippen LogP contribution in [0.25, 0.3) is 0 Å². The lowest BCUT2D eigenvalue weighted by molar-refractivity contribution is -0.0971. The molecule has 0 aliphatic rings. The third-order valence-electron chi connectivity index (χ3n) is 4.54. The van der Waals surface area contributed by atoms with Crippen LogP contribution < -0.4 is 0 Å². The summed E-state index contributed by atoms with van der Waals surface area (Å²) in [6.07, 6.45) is 19.1. The van der Waals surface area contributed by atoms with Gasteiger partial charge in [0.2, 0.25) is 0 Å². The molecule has 0 heterocycles. The second kappa shape index (κ2) is 23.2. The first-order chi connectivity index (χ1) is 12.8. The average molecular weight is 393 g/mol. The molecular formula is C21H44O4S. The molecule has 5 heteroatoms. The van der Waals surface area contributed by atoms with Gasteiger partial charge >= 0.3 is 0 Å². The highest BCUT2D eigenvalue weighted by Crippen LogP contribution is 2.14. The van der Waals surface area contributed by atoms with Gasteiger partial charge in [0.25, 0.3) is 0 Å². The molecule has 0 unspecified atom stereocenters. The lowest BCUT2D eigenvalue weighted by Crippen LogP contribution is -2.23. The summed E-state index contributed by atoms with van der Waals surface area (Å²) >= 11 is 1.48. The topological polar surface area (TPSA) is 47.9 Å². The zero-order valence-corrected chi connectivity index (χ0v) is 18.2. The van der Waals surface area contributed by atoms with Gasteiger partial charge in [-0.25, -0.2) is 0 Å². The molecule has 0 radical (unpaired) electrons. The van der Waals surface area contributed by atoms with E-state index in [0.29, 0.717) is 6.61 Å². The number of hydrogen-bond acceptors (Lipinski definition) is 5. The predicted octanol–water partition coefficient (Wildman–Crippen LogP) is 6.11. The Labute approximate surface area is 167 Å². The first-order valence-corrected chi connectivity index (χ1v) is 11.7. The highest BCUT2D eigenvalue weighted by atomic mass is 32.2. The summed E-state index contributed by atoms with van der Waals surface area (Å²) in [6, 6.07) is 0. The van der Waals surface area contributed by atoms with Crippen LogP contribution in [-0.2, 0) is 13.7 Å². The monoisotopic (exact) mass is 392 g/mol. The Kier molecular flexibility index (Phi) is 23.4. The number of aliphatic hydroxyl groups is 1. The number of methoxy groups -OCH3 is 1. The van der Waals surface area contributed by atoms with E-state index in [4.69, 9.17) is 18.8 Å². The van der Waals surface area contributed by atoms with Crippen LogP contribution in [0.15, 0.2) is 0 Å². The first-order valence-electron chi connectivity index (χ1n) is 10.8. The molecule has 4 nitrogen and oxygen atoms in total. The van der Waals surface area contributed by atoms with E-state index in [1.165, 1.54) is 102 Å². The van der Waals surface area contributed by atoms with Crippen molar-refractivity contribution in [3.63, 3.8) is 0 Å². The molecule has 0 aromatic rings. The Bertz CT molecular complexity index is 254. The summed E-state index contributed by atoms with van der Waals surface area (Å²) in [5, 5.41) is 9.12. The Balaban J connectivity index is 3.11.